The minimum Gasteiger partial charge on any atom is -0.495 e. The van der Waals surface area contributed by atoms with Gasteiger partial charge in [-0.05, 0) is 29.8 Å². The first kappa shape index (κ1) is 21.1. The zero-order chi connectivity index (χ0) is 22.0. The lowest BCUT2D eigenvalue weighted by Gasteiger charge is -2.08. The Kier molecular flexibility index (Phi) is 5.82. The Balaban J connectivity index is 1.92. The Labute approximate surface area is 185 Å². The highest BCUT2D eigenvalue weighted by molar-refractivity contribution is 7.89. The fraction of sp³-hybridized carbons (Fsp3) is 0.0870. The average Bonchev–Trinajstić information content (AvgIpc) is 3.18. The third-order valence-corrected chi connectivity index (χ3v) is 6.01. The van der Waals surface area contributed by atoms with Crippen LogP contribution in [0.4, 0.5) is 0 Å². The van der Waals surface area contributed by atoms with E-state index < -0.39 is 10.0 Å². The summed E-state index contributed by atoms with van der Waals surface area (Å²) < 4.78 is 35.8. The number of benzene rings is 3. The van der Waals surface area contributed by atoms with Crippen molar-refractivity contribution >= 4 is 21.6 Å². The van der Waals surface area contributed by atoms with Crippen LogP contribution in [0.5, 0.6) is 5.75 Å². The third-order valence-electron chi connectivity index (χ3n) is 4.73. The van der Waals surface area contributed by atoms with Crippen LogP contribution >= 0.6 is 11.6 Å². The summed E-state index contributed by atoms with van der Waals surface area (Å²) in [6.45, 7) is 0. The van der Waals surface area contributed by atoms with E-state index in [0.29, 0.717) is 45.7 Å². The Bertz CT molecular complexity index is 1330. The van der Waals surface area contributed by atoms with Gasteiger partial charge in [0.25, 0.3) is 0 Å². The molecule has 1 aromatic heterocycles. The monoisotopic (exact) mass is 454 g/mol. The van der Waals surface area contributed by atoms with Gasteiger partial charge in [0.05, 0.1) is 17.0 Å². The standard InChI is InChI=1S/C23H19ClN2O4S/c1-29-19-14-16(11-12-18(19)24)22-23(17-9-5-6-10-20(17)31(25,27)28)30-21(26-22)13-15-7-3-2-4-8-15/h2-12,14H,13H2,1H3,(H2,25,27,28). The molecule has 158 valence electrons. The maximum absolute atomic E-state index is 12.2. The summed E-state index contributed by atoms with van der Waals surface area (Å²) in [6, 6.07) is 21.3. The quantitative estimate of drug-likeness (QED) is 0.446. The molecule has 0 spiro atoms. The number of rotatable bonds is 6. The second-order valence-corrected chi connectivity index (χ2v) is 8.78. The van der Waals surface area contributed by atoms with Gasteiger partial charge in [-0.25, -0.2) is 18.5 Å². The molecule has 31 heavy (non-hydrogen) atoms. The van der Waals surface area contributed by atoms with Gasteiger partial charge >= 0.3 is 0 Å². The van der Waals surface area contributed by atoms with Crippen molar-refractivity contribution in [2.75, 3.05) is 7.11 Å². The van der Waals surface area contributed by atoms with Crippen molar-refractivity contribution in [1.82, 2.24) is 4.98 Å². The molecule has 0 atom stereocenters. The van der Waals surface area contributed by atoms with Gasteiger partial charge < -0.3 is 9.15 Å². The van der Waals surface area contributed by atoms with Crippen LogP contribution in [0.15, 0.2) is 82.1 Å². The predicted molar refractivity (Wildman–Crippen MR) is 120 cm³/mol. The minimum absolute atomic E-state index is 0.0420. The SMILES string of the molecule is COc1cc(-c2nc(Cc3ccccc3)oc2-c2ccccc2S(N)(=O)=O)ccc1Cl. The third kappa shape index (κ3) is 4.49. The van der Waals surface area contributed by atoms with Gasteiger partial charge in [-0.3, -0.25) is 0 Å². The highest BCUT2D eigenvalue weighted by atomic mass is 35.5. The van der Waals surface area contributed by atoms with Gasteiger partial charge in [0.1, 0.15) is 11.4 Å². The first-order chi connectivity index (χ1) is 14.9. The molecule has 0 radical (unpaired) electrons. The van der Waals surface area contributed by atoms with Crippen molar-refractivity contribution in [2.45, 2.75) is 11.3 Å². The molecular formula is C23H19ClN2O4S. The van der Waals surface area contributed by atoms with Crippen LogP contribution in [0.25, 0.3) is 22.6 Å². The Morgan fingerprint density at radius 1 is 1.03 bits per heavy atom. The average molecular weight is 455 g/mol. The molecule has 2 N–H and O–H groups in total. The molecule has 0 unspecified atom stereocenters. The molecule has 8 heteroatoms. The molecule has 0 aliphatic carbocycles. The van der Waals surface area contributed by atoms with Crippen molar-refractivity contribution in [2.24, 2.45) is 5.14 Å². The predicted octanol–water partition coefficient (Wildman–Crippen LogP) is 4.91. The first-order valence-electron chi connectivity index (χ1n) is 9.36. The number of oxazole rings is 1. The number of nitrogens with zero attached hydrogens (tertiary/aromatic N) is 1. The topological polar surface area (TPSA) is 95.4 Å². The summed E-state index contributed by atoms with van der Waals surface area (Å²) in [7, 11) is -2.46. The molecule has 4 aromatic rings. The van der Waals surface area contributed by atoms with Crippen LogP contribution in [-0.4, -0.2) is 20.5 Å². The normalized spacial score (nSPS) is 11.5. The Morgan fingerprint density at radius 2 is 1.74 bits per heavy atom. The number of primary sulfonamides is 1. The Hall–Kier alpha value is -3.13. The van der Waals surface area contributed by atoms with Gasteiger partial charge in [0.2, 0.25) is 10.0 Å². The van der Waals surface area contributed by atoms with E-state index in [-0.39, 0.29) is 4.90 Å². The molecule has 4 rings (SSSR count). The van der Waals surface area contributed by atoms with Crippen LogP contribution in [0.3, 0.4) is 0 Å². The number of aromatic nitrogens is 1. The molecule has 0 fully saturated rings. The molecule has 0 bridgehead atoms. The molecule has 3 aromatic carbocycles. The van der Waals surface area contributed by atoms with Crippen LogP contribution in [0.1, 0.15) is 11.5 Å². The van der Waals surface area contributed by atoms with Crippen molar-refractivity contribution in [3.63, 3.8) is 0 Å². The van der Waals surface area contributed by atoms with E-state index in [0.717, 1.165) is 5.56 Å². The van der Waals surface area contributed by atoms with Gasteiger partial charge in [-0.1, -0.05) is 60.1 Å². The fourth-order valence-electron chi connectivity index (χ4n) is 3.30. The van der Waals surface area contributed by atoms with Gasteiger partial charge in [-0.15, -0.1) is 0 Å². The minimum atomic E-state index is -3.98. The van der Waals surface area contributed by atoms with Crippen LogP contribution in [-0.2, 0) is 16.4 Å². The Morgan fingerprint density at radius 3 is 2.45 bits per heavy atom. The highest BCUT2D eigenvalue weighted by Gasteiger charge is 2.23. The van der Waals surface area contributed by atoms with E-state index in [9.17, 15) is 8.42 Å². The summed E-state index contributed by atoms with van der Waals surface area (Å²) in [5.41, 5.74) is 2.48. The smallest absolute Gasteiger partial charge is 0.238 e. The number of ether oxygens (including phenoxy) is 1. The van der Waals surface area contributed by atoms with E-state index in [1.807, 2.05) is 30.3 Å². The maximum Gasteiger partial charge on any atom is 0.238 e. The number of methoxy groups -OCH3 is 1. The molecule has 1 heterocycles. The van der Waals surface area contributed by atoms with Crippen molar-refractivity contribution in [3.8, 4) is 28.3 Å². The molecule has 0 saturated heterocycles. The molecular weight excluding hydrogens is 436 g/mol. The second kappa shape index (κ2) is 8.55. The zero-order valence-corrected chi connectivity index (χ0v) is 18.2. The zero-order valence-electron chi connectivity index (χ0n) is 16.6. The summed E-state index contributed by atoms with van der Waals surface area (Å²) in [5, 5.41) is 5.90. The van der Waals surface area contributed by atoms with E-state index in [1.54, 1.807) is 36.4 Å². The van der Waals surface area contributed by atoms with Gasteiger partial charge in [0.15, 0.2) is 11.7 Å². The lowest BCUT2D eigenvalue weighted by atomic mass is 10.1. The van der Waals surface area contributed by atoms with Crippen LogP contribution in [0, 0.1) is 0 Å². The highest BCUT2D eigenvalue weighted by Crippen LogP contribution is 2.38. The fourth-order valence-corrected chi connectivity index (χ4v) is 4.23. The molecule has 0 amide bonds. The lowest BCUT2D eigenvalue weighted by Crippen LogP contribution is -2.13. The summed E-state index contributed by atoms with van der Waals surface area (Å²) >= 11 is 6.17. The lowest BCUT2D eigenvalue weighted by molar-refractivity contribution is 0.415. The number of nitrogens with two attached hydrogens (primary N) is 1. The number of sulfonamides is 1. The van der Waals surface area contributed by atoms with Crippen LogP contribution in [0.2, 0.25) is 5.02 Å². The number of halogens is 1. The second-order valence-electron chi connectivity index (χ2n) is 6.84. The maximum atomic E-state index is 12.2. The van der Waals surface area contributed by atoms with Gasteiger partial charge in [-0.2, -0.15) is 0 Å². The number of hydrogen-bond donors (Lipinski definition) is 1. The largest absolute Gasteiger partial charge is 0.495 e. The molecule has 0 aliphatic rings. The molecule has 6 nitrogen and oxygen atoms in total. The van der Waals surface area contributed by atoms with Crippen LogP contribution < -0.4 is 9.88 Å². The van der Waals surface area contributed by atoms with Gasteiger partial charge in [0, 0.05) is 17.5 Å². The van der Waals surface area contributed by atoms with Crippen molar-refractivity contribution in [3.05, 3.63) is 89.3 Å². The van der Waals surface area contributed by atoms with E-state index in [2.05, 4.69) is 4.98 Å². The van der Waals surface area contributed by atoms with E-state index in [1.165, 1.54) is 13.2 Å². The first-order valence-corrected chi connectivity index (χ1v) is 11.3. The number of hydrogen-bond acceptors (Lipinski definition) is 5. The van der Waals surface area contributed by atoms with E-state index in [4.69, 9.17) is 25.9 Å². The van der Waals surface area contributed by atoms with E-state index >= 15 is 0 Å². The van der Waals surface area contributed by atoms with Crippen molar-refractivity contribution in [1.29, 1.82) is 0 Å². The van der Waals surface area contributed by atoms with Crippen molar-refractivity contribution < 1.29 is 17.6 Å². The summed E-state index contributed by atoms with van der Waals surface area (Å²) in [4.78, 5) is 4.64. The molecule has 0 saturated carbocycles. The summed E-state index contributed by atoms with van der Waals surface area (Å²) in [5.74, 6) is 1.21. The molecule has 0 aliphatic heterocycles. The summed E-state index contributed by atoms with van der Waals surface area (Å²) in [6.07, 6.45) is 0.441.